The van der Waals surface area contributed by atoms with Crippen LogP contribution in [0.25, 0.3) is 0 Å². The van der Waals surface area contributed by atoms with Gasteiger partial charge in [-0.2, -0.15) is 0 Å². The van der Waals surface area contributed by atoms with E-state index in [1.54, 1.807) is 0 Å². The molecule has 0 saturated heterocycles. The second kappa shape index (κ2) is 9.86. The molecule has 3 aromatic carbocycles. The van der Waals surface area contributed by atoms with E-state index in [2.05, 4.69) is 36.4 Å². The molecule has 0 saturated carbocycles. The number of hydrogen-bond acceptors (Lipinski definition) is 3. The minimum absolute atomic E-state index is 0.184. The largest absolute Gasteiger partial charge is 0.463 e. The molecule has 0 bridgehead atoms. The van der Waals surface area contributed by atoms with Crippen molar-refractivity contribution in [3.05, 3.63) is 108 Å². The Bertz CT molecular complexity index is 748. The zero-order chi connectivity index (χ0) is 19.7. The summed E-state index contributed by atoms with van der Waals surface area (Å²) in [7, 11) is 0. The number of carbonyl (C=O) groups is 1. The highest BCUT2D eigenvalue weighted by Crippen LogP contribution is 2.40. The van der Waals surface area contributed by atoms with Crippen LogP contribution in [0.3, 0.4) is 0 Å². The highest BCUT2D eigenvalue weighted by molar-refractivity contribution is 5.69. The van der Waals surface area contributed by atoms with Crippen LogP contribution in [0.5, 0.6) is 0 Å². The number of carbonyl (C=O) groups excluding carboxylic acids is 1. The number of rotatable bonds is 9. The topological polar surface area (TPSA) is 35.5 Å². The number of ether oxygens (including phenoxy) is 2. The third-order valence-corrected chi connectivity index (χ3v) is 4.66. The van der Waals surface area contributed by atoms with Crippen LogP contribution in [0.2, 0.25) is 0 Å². The van der Waals surface area contributed by atoms with E-state index in [0.29, 0.717) is 13.0 Å². The van der Waals surface area contributed by atoms with E-state index in [1.807, 2.05) is 61.5 Å². The quantitative estimate of drug-likeness (QED) is 0.288. The van der Waals surface area contributed by atoms with E-state index >= 15 is 0 Å². The fourth-order valence-electron chi connectivity index (χ4n) is 3.40. The van der Waals surface area contributed by atoms with Crippen LogP contribution >= 0.6 is 0 Å². The van der Waals surface area contributed by atoms with Gasteiger partial charge >= 0.3 is 5.97 Å². The van der Waals surface area contributed by atoms with E-state index in [9.17, 15) is 4.79 Å². The molecule has 0 aliphatic rings. The Hall–Kier alpha value is -2.91. The molecule has 28 heavy (non-hydrogen) atoms. The molecule has 3 rings (SSSR count). The molecule has 0 radical (unpaired) electrons. The molecule has 0 aliphatic carbocycles. The fraction of sp³-hybridized carbons (Fsp3) is 0.240. The monoisotopic (exact) mass is 374 g/mol. The summed E-state index contributed by atoms with van der Waals surface area (Å²) >= 11 is 0. The SMILES string of the molecule is CCCC(=O)OCCOC(c1ccccc1)(c1ccccc1)c1ccccc1. The van der Waals surface area contributed by atoms with Gasteiger partial charge in [0.2, 0.25) is 0 Å². The predicted octanol–water partition coefficient (Wildman–Crippen LogP) is 5.34. The molecule has 0 aromatic heterocycles. The van der Waals surface area contributed by atoms with E-state index < -0.39 is 5.60 Å². The van der Waals surface area contributed by atoms with Crippen molar-refractivity contribution in [1.29, 1.82) is 0 Å². The molecule has 0 amide bonds. The van der Waals surface area contributed by atoms with Gasteiger partial charge in [0.15, 0.2) is 0 Å². The number of benzene rings is 3. The molecular weight excluding hydrogens is 348 g/mol. The van der Waals surface area contributed by atoms with Gasteiger partial charge in [0.25, 0.3) is 0 Å². The lowest BCUT2D eigenvalue weighted by atomic mass is 9.80. The predicted molar refractivity (Wildman–Crippen MR) is 111 cm³/mol. The Labute approximate surface area is 166 Å². The number of hydrogen-bond donors (Lipinski definition) is 0. The smallest absolute Gasteiger partial charge is 0.305 e. The first-order valence-corrected chi connectivity index (χ1v) is 9.73. The molecule has 0 N–H and O–H groups in total. The second-order valence-corrected chi connectivity index (χ2v) is 6.60. The van der Waals surface area contributed by atoms with Crippen molar-refractivity contribution in [3.8, 4) is 0 Å². The molecular formula is C25H26O3. The summed E-state index contributed by atoms with van der Waals surface area (Å²) in [6, 6.07) is 30.5. The average molecular weight is 374 g/mol. The van der Waals surface area contributed by atoms with E-state index in [0.717, 1.165) is 23.1 Å². The Morgan fingerprint density at radius 3 is 1.54 bits per heavy atom. The van der Waals surface area contributed by atoms with Gasteiger partial charge in [-0.1, -0.05) is 97.9 Å². The fourth-order valence-corrected chi connectivity index (χ4v) is 3.40. The van der Waals surface area contributed by atoms with E-state index in [1.165, 1.54) is 0 Å². The molecule has 0 unspecified atom stereocenters. The Morgan fingerprint density at radius 1 is 0.714 bits per heavy atom. The maximum absolute atomic E-state index is 11.7. The highest BCUT2D eigenvalue weighted by atomic mass is 16.6. The summed E-state index contributed by atoms with van der Waals surface area (Å²) in [5, 5.41) is 0. The van der Waals surface area contributed by atoms with Crippen LogP contribution in [-0.2, 0) is 19.9 Å². The van der Waals surface area contributed by atoms with E-state index in [-0.39, 0.29) is 12.6 Å². The molecule has 0 fully saturated rings. The van der Waals surface area contributed by atoms with Crippen molar-refractivity contribution in [3.63, 3.8) is 0 Å². The van der Waals surface area contributed by atoms with Crippen LogP contribution in [0.1, 0.15) is 36.5 Å². The van der Waals surface area contributed by atoms with Crippen LogP contribution < -0.4 is 0 Å². The van der Waals surface area contributed by atoms with Crippen LogP contribution in [0.4, 0.5) is 0 Å². The van der Waals surface area contributed by atoms with Crippen molar-refractivity contribution in [2.24, 2.45) is 0 Å². The molecule has 0 aliphatic heterocycles. The van der Waals surface area contributed by atoms with E-state index in [4.69, 9.17) is 9.47 Å². The third-order valence-electron chi connectivity index (χ3n) is 4.66. The van der Waals surface area contributed by atoms with Gasteiger partial charge in [-0.15, -0.1) is 0 Å². The standard InChI is InChI=1S/C25H26O3/c1-2-12-24(26)27-19-20-28-25(21-13-6-3-7-14-21,22-15-8-4-9-16-22)23-17-10-5-11-18-23/h3-11,13-18H,2,12,19-20H2,1H3. The molecule has 0 atom stereocenters. The summed E-state index contributed by atoms with van der Waals surface area (Å²) in [4.78, 5) is 11.7. The van der Waals surface area contributed by atoms with Crippen LogP contribution in [-0.4, -0.2) is 19.2 Å². The zero-order valence-corrected chi connectivity index (χ0v) is 16.2. The lowest BCUT2D eigenvalue weighted by Crippen LogP contribution is -2.34. The molecule has 144 valence electrons. The van der Waals surface area contributed by atoms with Crippen LogP contribution in [0, 0.1) is 0 Å². The molecule has 0 heterocycles. The van der Waals surface area contributed by atoms with Crippen molar-refractivity contribution >= 4 is 5.97 Å². The zero-order valence-electron chi connectivity index (χ0n) is 16.2. The first-order valence-electron chi connectivity index (χ1n) is 9.73. The van der Waals surface area contributed by atoms with Gasteiger partial charge < -0.3 is 9.47 Å². The van der Waals surface area contributed by atoms with Crippen molar-refractivity contribution < 1.29 is 14.3 Å². The summed E-state index contributed by atoms with van der Waals surface area (Å²) < 4.78 is 11.9. The van der Waals surface area contributed by atoms with Crippen molar-refractivity contribution in [1.82, 2.24) is 0 Å². The van der Waals surface area contributed by atoms with Crippen molar-refractivity contribution in [2.75, 3.05) is 13.2 Å². The van der Waals surface area contributed by atoms with Gasteiger partial charge in [0.05, 0.1) is 6.61 Å². The lowest BCUT2D eigenvalue weighted by Gasteiger charge is -2.35. The Balaban J connectivity index is 1.98. The van der Waals surface area contributed by atoms with Gasteiger partial charge in [-0.25, -0.2) is 0 Å². The molecule has 3 heteroatoms. The summed E-state index contributed by atoms with van der Waals surface area (Å²) in [5.41, 5.74) is 2.33. The molecule has 3 nitrogen and oxygen atoms in total. The minimum Gasteiger partial charge on any atom is -0.463 e. The first-order chi connectivity index (χ1) is 13.8. The van der Waals surface area contributed by atoms with Gasteiger partial charge in [-0.05, 0) is 23.1 Å². The normalized spacial score (nSPS) is 11.2. The van der Waals surface area contributed by atoms with Gasteiger partial charge in [-0.3, -0.25) is 4.79 Å². The third kappa shape index (κ3) is 4.49. The minimum atomic E-state index is -0.777. The average Bonchev–Trinajstić information content (AvgIpc) is 2.76. The van der Waals surface area contributed by atoms with Gasteiger partial charge in [0, 0.05) is 6.42 Å². The van der Waals surface area contributed by atoms with Gasteiger partial charge in [0.1, 0.15) is 12.2 Å². The molecule has 3 aromatic rings. The Morgan fingerprint density at radius 2 is 1.14 bits per heavy atom. The maximum Gasteiger partial charge on any atom is 0.305 e. The highest BCUT2D eigenvalue weighted by Gasteiger charge is 2.37. The number of esters is 1. The Kier molecular flexibility index (Phi) is 6.99. The summed E-state index contributed by atoms with van der Waals surface area (Å²) in [6.45, 7) is 2.49. The first kappa shape index (κ1) is 19.8. The van der Waals surface area contributed by atoms with Crippen molar-refractivity contribution in [2.45, 2.75) is 25.4 Å². The lowest BCUT2D eigenvalue weighted by molar-refractivity contribution is -0.146. The summed E-state index contributed by atoms with van der Waals surface area (Å²) in [5.74, 6) is -0.184. The summed E-state index contributed by atoms with van der Waals surface area (Å²) in [6.07, 6.45) is 1.21. The maximum atomic E-state index is 11.7. The second-order valence-electron chi connectivity index (χ2n) is 6.60. The molecule has 0 spiro atoms. The van der Waals surface area contributed by atoms with Crippen LogP contribution in [0.15, 0.2) is 91.0 Å².